The largest absolute Gasteiger partial charge is 0.496 e. The van der Waals surface area contributed by atoms with Gasteiger partial charge in [0.25, 0.3) is 0 Å². The highest BCUT2D eigenvalue weighted by Crippen LogP contribution is 2.31. The molecule has 0 radical (unpaired) electrons. The number of ether oxygens (including phenoxy) is 1. The molecule has 0 amide bonds. The van der Waals surface area contributed by atoms with E-state index in [1.165, 1.54) is 0 Å². The summed E-state index contributed by atoms with van der Waals surface area (Å²) in [6.07, 6.45) is 1.91. The molecular weight excluding hydrogens is 254 g/mol. The molecule has 1 aromatic carbocycles. The van der Waals surface area contributed by atoms with Gasteiger partial charge in [0, 0.05) is 11.3 Å². The van der Waals surface area contributed by atoms with Crippen LogP contribution in [0.3, 0.4) is 0 Å². The predicted molar refractivity (Wildman–Crippen MR) is 73.1 cm³/mol. The van der Waals surface area contributed by atoms with Gasteiger partial charge in [0.15, 0.2) is 0 Å². The Morgan fingerprint density at radius 3 is 2.94 bits per heavy atom. The Morgan fingerprint density at radius 1 is 1.35 bits per heavy atom. The zero-order valence-corrected chi connectivity index (χ0v) is 11.2. The standard InChI is InChI=1S/C13H14ClNOS/c1-16-12-7-3-2-6-11(12)13-15-10(9-17-13)5-4-8-14/h2-3,6-7,9H,4-5,8H2,1H3. The zero-order valence-electron chi connectivity index (χ0n) is 9.65. The molecule has 0 saturated heterocycles. The number of halogens is 1. The molecule has 2 nitrogen and oxygen atoms in total. The Kier molecular flexibility index (Phi) is 4.40. The second-order valence-corrected chi connectivity index (χ2v) is 4.87. The lowest BCUT2D eigenvalue weighted by molar-refractivity contribution is 0.416. The van der Waals surface area contributed by atoms with Crippen molar-refractivity contribution in [1.82, 2.24) is 4.98 Å². The van der Waals surface area contributed by atoms with Gasteiger partial charge in [0.1, 0.15) is 10.8 Å². The highest BCUT2D eigenvalue weighted by atomic mass is 35.5. The molecule has 0 spiro atoms. The molecule has 0 atom stereocenters. The number of alkyl halides is 1. The van der Waals surface area contributed by atoms with E-state index in [0.29, 0.717) is 5.88 Å². The Bertz CT molecular complexity index is 484. The quantitative estimate of drug-likeness (QED) is 0.764. The van der Waals surface area contributed by atoms with E-state index in [1.54, 1.807) is 18.4 Å². The van der Waals surface area contributed by atoms with Crippen LogP contribution in [0, 0.1) is 0 Å². The second kappa shape index (κ2) is 6.03. The molecule has 2 rings (SSSR count). The van der Waals surface area contributed by atoms with Crippen LogP contribution in [0.1, 0.15) is 12.1 Å². The van der Waals surface area contributed by atoms with E-state index in [9.17, 15) is 0 Å². The van der Waals surface area contributed by atoms with E-state index in [1.807, 2.05) is 24.3 Å². The van der Waals surface area contributed by atoms with Crippen molar-refractivity contribution in [1.29, 1.82) is 0 Å². The van der Waals surface area contributed by atoms with Gasteiger partial charge in [0.2, 0.25) is 0 Å². The molecular formula is C13H14ClNOS. The van der Waals surface area contributed by atoms with Crippen molar-refractivity contribution in [3.8, 4) is 16.3 Å². The van der Waals surface area contributed by atoms with Crippen LogP contribution in [0.5, 0.6) is 5.75 Å². The summed E-state index contributed by atoms with van der Waals surface area (Å²) in [6, 6.07) is 7.94. The molecule has 0 aliphatic heterocycles. The number of aryl methyl sites for hydroxylation is 1. The van der Waals surface area contributed by atoms with Crippen LogP contribution in [0.4, 0.5) is 0 Å². The molecule has 0 saturated carbocycles. The first kappa shape index (κ1) is 12.4. The summed E-state index contributed by atoms with van der Waals surface area (Å²) in [4.78, 5) is 4.61. The summed E-state index contributed by atoms with van der Waals surface area (Å²) in [6.45, 7) is 0. The van der Waals surface area contributed by atoms with Gasteiger partial charge in [-0.05, 0) is 25.0 Å². The Morgan fingerprint density at radius 2 is 2.18 bits per heavy atom. The summed E-state index contributed by atoms with van der Waals surface area (Å²) in [5.74, 6) is 1.55. The first-order chi connectivity index (χ1) is 8.35. The van der Waals surface area contributed by atoms with Crippen LogP contribution in [0.15, 0.2) is 29.6 Å². The van der Waals surface area contributed by atoms with Gasteiger partial charge < -0.3 is 4.74 Å². The zero-order chi connectivity index (χ0) is 12.1. The number of benzene rings is 1. The fraction of sp³-hybridized carbons (Fsp3) is 0.308. The summed E-state index contributed by atoms with van der Waals surface area (Å²) in [5, 5.41) is 3.10. The molecule has 0 bridgehead atoms. The number of rotatable bonds is 5. The number of nitrogens with zero attached hydrogens (tertiary/aromatic N) is 1. The van der Waals surface area contributed by atoms with E-state index in [-0.39, 0.29) is 0 Å². The van der Waals surface area contributed by atoms with Crippen LogP contribution in [-0.4, -0.2) is 18.0 Å². The van der Waals surface area contributed by atoms with Crippen LogP contribution < -0.4 is 4.74 Å². The minimum atomic E-state index is 0.682. The fourth-order valence-corrected chi connectivity index (χ4v) is 2.63. The van der Waals surface area contributed by atoms with E-state index in [4.69, 9.17) is 16.3 Å². The highest BCUT2D eigenvalue weighted by Gasteiger charge is 2.09. The molecule has 0 aliphatic carbocycles. The number of thiazole rings is 1. The van der Waals surface area contributed by atoms with Gasteiger partial charge in [-0.25, -0.2) is 4.98 Å². The average Bonchev–Trinajstić information content (AvgIpc) is 2.85. The van der Waals surface area contributed by atoms with Gasteiger partial charge in [-0.3, -0.25) is 0 Å². The van der Waals surface area contributed by atoms with Crippen molar-refractivity contribution in [3.63, 3.8) is 0 Å². The second-order valence-electron chi connectivity index (χ2n) is 3.64. The van der Waals surface area contributed by atoms with E-state index in [2.05, 4.69) is 10.4 Å². The summed E-state index contributed by atoms with van der Waals surface area (Å²) in [7, 11) is 1.68. The first-order valence-electron chi connectivity index (χ1n) is 5.49. The number of para-hydroxylation sites is 1. The van der Waals surface area contributed by atoms with Crippen LogP contribution in [0.2, 0.25) is 0 Å². The lowest BCUT2D eigenvalue weighted by atomic mass is 10.2. The average molecular weight is 268 g/mol. The third kappa shape index (κ3) is 2.99. The summed E-state index contributed by atoms with van der Waals surface area (Å²) < 4.78 is 5.34. The summed E-state index contributed by atoms with van der Waals surface area (Å²) in [5.41, 5.74) is 2.16. The van der Waals surface area contributed by atoms with Crippen LogP contribution >= 0.6 is 22.9 Å². The fourth-order valence-electron chi connectivity index (χ4n) is 1.61. The molecule has 17 heavy (non-hydrogen) atoms. The Hall–Kier alpha value is -1.06. The minimum Gasteiger partial charge on any atom is -0.496 e. The highest BCUT2D eigenvalue weighted by molar-refractivity contribution is 7.13. The topological polar surface area (TPSA) is 22.1 Å². The smallest absolute Gasteiger partial charge is 0.129 e. The van der Waals surface area contributed by atoms with Crippen molar-refractivity contribution in [2.24, 2.45) is 0 Å². The monoisotopic (exact) mass is 267 g/mol. The lowest BCUT2D eigenvalue weighted by Gasteiger charge is -2.04. The number of aromatic nitrogens is 1. The van der Waals surface area contributed by atoms with E-state index >= 15 is 0 Å². The summed E-state index contributed by atoms with van der Waals surface area (Å²) >= 11 is 7.33. The molecule has 1 aromatic heterocycles. The van der Waals surface area contributed by atoms with Crippen molar-refractivity contribution in [2.75, 3.05) is 13.0 Å². The molecule has 0 N–H and O–H groups in total. The lowest BCUT2D eigenvalue weighted by Crippen LogP contribution is -1.89. The molecule has 90 valence electrons. The third-order valence-electron chi connectivity index (χ3n) is 2.46. The van der Waals surface area contributed by atoms with Crippen molar-refractivity contribution < 1.29 is 4.74 Å². The number of hydrogen-bond donors (Lipinski definition) is 0. The van der Waals surface area contributed by atoms with Crippen molar-refractivity contribution >= 4 is 22.9 Å². The molecule has 1 heterocycles. The third-order valence-corrected chi connectivity index (χ3v) is 3.65. The van der Waals surface area contributed by atoms with Gasteiger partial charge in [0.05, 0.1) is 18.4 Å². The van der Waals surface area contributed by atoms with E-state index < -0.39 is 0 Å². The first-order valence-corrected chi connectivity index (χ1v) is 6.90. The maximum Gasteiger partial charge on any atom is 0.129 e. The molecule has 4 heteroatoms. The predicted octanol–water partition coefficient (Wildman–Crippen LogP) is 3.99. The Labute approximate surface area is 110 Å². The van der Waals surface area contributed by atoms with Crippen molar-refractivity contribution in [2.45, 2.75) is 12.8 Å². The SMILES string of the molecule is COc1ccccc1-c1nc(CCCCl)cs1. The number of hydrogen-bond acceptors (Lipinski definition) is 3. The van der Waals surface area contributed by atoms with E-state index in [0.717, 1.165) is 34.9 Å². The Balaban J connectivity index is 2.24. The van der Waals surface area contributed by atoms with Gasteiger partial charge in [-0.2, -0.15) is 0 Å². The molecule has 0 unspecified atom stereocenters. The normalized spacial score (nSPS) is 10.5. The maximum absolute atomic E-state index is 5.68. The molecule has 0 fully saturated rings. The van der Waals surface area contributed by atoms with Crippen LogP contribution in [-0.2, 0) is 6.42 Å². The maximum atomic E-state index is 5.68. The van der Waals surface area contributed by atoms with Gasteiger partial charge in [-0.15, -0.1) is 22.9 Å². The number of methoxy groups -OCH3 is 1. The van der Waals surface area contributed by atoms with Crippen LogP contribution in [0.25, 0.3) is 10.6 Å². The minimum absolute atomic E-state index is 0.682. The van der Waals surface area contributed by atoms with Gasteiger partial charge in [-0.1, -0.05) is 12.1 Å². The van der Waals surface area contributed by atoms with Gasteiger partial charge >= 0.3 is 0 Å². The molecule has 2 aromatic rings. The molecule has 0 aliphatic rings. The van der Waals surface area contributed by atoms with Crippen molar-refractivity contribution in [3.05, 3.63) is 35.3 Å².